The van der Waals surface area contributed by atoms with Gasteiger partial charge in [0.1, 0.15) is 0 Å². The minimum absolute atomic E-state index is 0.0615. The summed E-state index contributed by atoms with van der Waals surface area (Å²) in [4.78, 5) is 2.54. The van der Waals surface area contributed by atoms with Crippen molar-refractivity contribution in [3.05, 3.63) is 205 Å². The van der Waals surface area contributed by atoms with Crippen molar-refractivity contribution in [1.29, 1.82) is 0 Å². The Morgan fingerprint density at radius 3 is 1.93 bits per heavy atom. The molecule has 0 bridgehead atoms. The molecule has 260 valence electrons. The summed E-state index contributed by atoms with van der Waals surface area (Å²) in [7, 11) is 0. The van der Waals surface area contributed by atoms with E-state index in [1.165, 1.54) is 83.4 Å². The van der Waals surface area contributed by atoms with Gasteiger partial charge in [0.2, 0.25) is 0 Å². The second kappa shape index (κ2) is 12.4. The first-order valence-electron chi connectivity index (χ1n) is 19.1. The fourth-order valence-corrected chi connectivity index (χ4v) is 9.11. The number of fused-ring (bicyclic) bond motifs is 6. The van der Waals surface area contributed by atoms with Gasteiger partial charge in [0, 0.05) is 33.2 Å². The van der Waals surface area contributed by atoms with Crippen molar-refractivity contribution in [2.45, 2.75) is 38.1 Å². The molecule has 0 aliphatic heterocycles. The number of rotatable bonds is 6. The Balaban J connectivity index is 1.01. The summed E-state index contributed by atoms with van der Waals surface area (Å²) in [6, 6.07) is 62.2. The topological polar surface area (TPSA) is 8.17 Å². The van der Waals surface area contributed by atoms with Gasteiger partial charge in [0.15, 0.2) is 0 Å². The summed E-state index contributed by atoms with van der Waals surface area (Å²) in [5, 5.41) is 2.54. The number of anilines is 2. The lowest BCUT2D eigenvalue weighted by atomic mass is 9.81. The predicted octanol–water partition coefficient (Wildman–Crippen LogP) is 13.7. The monoisotopic (exact) mass is 694 g/mol. The van der Waals surface area contributed by atoms with Gasteiger partial charge >= 0.3 is 0 Å². The van der Waals surface area contributed by atoms with E-state index in [9.17, 15) is 0 Å². The van der Waals surface area contributed by atoms with E-state index in [1.807, 2.05) is 0 Å². The molecule has 7 aromatic carbocycles. The van der Waals surface area contributed by atoms with Crippen LogP contribution in [0.2, 0.25) is 0 Å². The molecule has 0 spiro atoms. The molecule has 2 aliphatic rings. The molecule has 8 aromatic rings. The Morgan fingerprint density at radius 1 is 0.500 bits per heavy atom. The molecule has 0 saturated carbocycles. The third-order valence-corrected chi connectivity index (χ3v) is 11.9. The van der Waals surface area contributed by atoms with Crippen LogP contribution in [0.5, 0.6) is 0 Å². The zero-order valence-electron chi connectivity index (χ0n) is 31.0. The van der Waals surface area contributed by atoms with Crippen molar-refractivity contribution >= 4 is 38.8 Å². The summed E-state index contributed by atoms with van der Waals surface area (Å²) < 4.78 is 2.40. The maximum Gasteiger partial charge on any atom is 0.0643 e. The van der Waals surface area contributed by atoms with Gasteiger partial charge in [0.05, 0.1) is 16.6 Å². The highest BCUT2D eigenvalue weighted by Crippen LogP contribution is 2.51. The molecule has 1 aromatic heterocycles. The smallest absolute Gasteiger partial charge is 0.0643 e. The lowest BCUT2D eigenvalue weighted by Gasteiger charge is -2.42. The van der Waals surface area contributed by atoms with Crippen LogP contribution in [-0.4, -0.2) is 10.1 Å². The number of nitrogens with zero attached hydrogens (tertiary/aromatic N) is 2. The molecule has 2 nitrogen and oxygen atoms in total. The first-order valence-corrected chi connectivity index (χ1v) is 19.1. The molecule has 1 atom stereocenters. The fourth-order valence-electron chi connectivity index (χ4n) is 9.11. The molecule has 54 heavy (non-hydrogen) atoms. The van der Waals surface area contributed by atoms with E-state index < -0.39 is 0 Å². The van der Waals surface area contributed by atoms with E-state index in [0.29, 0.717) is 0 Å². The first-order chi connectivity index (χ1) is 26.4. The molecule has 10 rings (SSSR count). The molecule has 0 saturated heterocycles. The van der Waals surface area contributed by atoms with Gasteiger partial charge in [-0.2, -0.15) is 0 Å². The average molecular weight is 695 g/mol. The normalized spacial score (nSPS) is 17.0. The predicted molar refractivity (Wildman–Crippen MR) is 229 cm³/mol. The van der Waals surface area contributed by atoms with Crippen LogP contribution < -0.4 is 4.90 Å². The summed E-state index contributed by atoms with van der Waals surface area (Å²) in [5.41, 5.74) is 16.1. The van der Waals surface area contributed by atoms with Crippen LogP contribution in [0.3, 0.4) is 0 Å². The van der Waals surface area contributed by atoms with Crippen LogP contribution in [-0.2, 0) is 5.41 Å². The van der Waals surface area contributed by atoms with E-state index in [0.717, 1.165) is 6.42 Å². The van der Waals surface area contributed by atoms with Crippen molar-refractivity contribution in [3.63, 3.8) is 0 Å². The number of para-hydroxylation sites is 2. The SMILES string of the molecule is CC1(C)c2ccccc2-c2ccc(N(c3ccccc3)C3(C)C=CC(c4ccc5c(c4)c4ccccc4n5-c4ccc(-c5ccccc5)cc4)=CC3)cc21. The summed E-state index contributed by atoms with van der Waals surface area (Å²) in [6.07, 6.45) is 8.08. The number of hydrogen-bond donors (Lipinski definition) is 0. The number of hydrogen-bond acceptors (Lipinski definition) is 1. The molecule has 0 amide bonds. The van der Waals surface area contributed by atoms with Gasteiger partial charge in [-0.15, -0.1) is 0 Å². The minimum Gasteiger partial charge on any atom is -0.332 e. The zero-order chi connectivity index (χ0) is 36.4. The summed E-state index contributed by atoms with van der Waals surface area (Å²) >= 11 is 0. The molecule has 0 fully saturated rings. The van der Waals surface area contributed by atoms with Crippen LogP contribution in [0, 0.1) is 0 Å². The van der Waals surface area contributed by atoms with E-state index >= 15 is 0 Å². The van der Waals surface area contributed by atoms with Crippen LogP contribution in [0.15, 0.2) is 188 Å². The largest absolute Gasteiger partial charge is 0.332 e. The highest BCUT2D eigenvalue weighted by molar-refractivity contribution is 6.10. The quantitative estimate of drug-likeness (QED) is 0.168. The summed E-state index contributed by atoms with van der Waals surface area (Å²) in [6.45, 7) is 7.10. The van der Waals surface area contributed by atoms with Gasteiger partial charge in [-0.05, 0) is 112 Å². The van der Waals surface area contributed by atoms with Gasteiger partial charge in [-0.1, -0.05) is 147 Å². The lowest BCUT2D eigenvalue weighted by molar-refractivity contribution is 0.570. The second-order valence-electron chi connectivity index (χ2n) is 15.6. The number of benzene rings is 7. The van der Waals surface area contributed by atoms with Crippen molar-refractivity contribution in [1.82, 2.24) is 4.57 Å². The van der Waals surface area contributed by atoms with Crippen LogP contribution >= 0.6 is 0 Å². The van der Waals surface area contributed by atoms with Crippen LogP contribution in [0.4, 0.5) is 11.4 Å². The maximum absolute atomic E-state index is 2.54. The number of allylic oxidation sites excluding steroid dienone is 2. The van der Waals surface area contributed by atoms with E-state index in [-0.39, 0.29) is 11.0 Å². The highest BCUT2D eigenvalue weighted by atomic mass is 15.2. The Labute approximate surface area is 318 Å². The average Bonchev–Trinajstić information content (AvgIpc) is 3.67. The Hall–Kier alpha value is -6.38. The maximum atomic E-state index is 2.54. The zero-order valence-corrected chi connectivity index (χ0v) is 31.0. The third-order valence-electron chi connectivity index (χ3n) is 11.9. The molecule has 1 heterocycles. The molecular formula is C52H42N2. The van der Waals surface area contributed by atoms with Crippen molar-refractivity contribution in [2.24, 2.45) is 0 Å². The Morgan fingerprint density at radius 2 is 1.15 bits per heavy atom. The Kier molecular flexibility index (Phi) is 7.39. The Bertz CT molecular complexity index is 2760. The van der Waals surface area contributed by atoms with Gasteiger partial charge in [-0.3, -0.25) is 0 Å². The molecule has 0 radical (unpaired) electrons. The minimum atomic E-state index is -0.263. The fraction of sp³-hybridized carbons (Fsp3) is 0.115. The first kappa shape index (κ1) is 32.3. The van der Waals surface area contributed by atoms with E-state index in [1.54, 1.807) is 0 Å². The molecule has 2 aliphatic carbocycles. The molecule has 1 unspecified atom stereocenters. The second-order valence-corrected chi connectivity index (χ2v) is 15.6. The molecular weight excluding hydrogens is 653 g/mol. The van der Waals surface area contributed by atoms with Gasteiger partial charge in [0.25, 0.3) is 0 Å². The lowest BCUT2D eigenvalue weighted by Crippen LogP contribution is -2.42. The highest BCUT2D eigenvalue weighted by Gasteiger charge is 2.38. The van der Waals surface area contributed by atoms with E-state index in [2.05, 4.69) is 218 Å². The van der Waals surface area contributed by atoms with Gasteiger partial charge in [-0.25, -0.2) is 0 Å². The van der Waals surface area contributed by atoms with Crippen molar-refractivity contribution in [2.75, 3.05) is 4.90 Å². The standard InChI is InChI=1S/C52H42N2/c1-51(2)47-20-12-10-18-43(47)44-28-27-42(35-48(44)51)54(41-16-8-5-9-17-41)52(3)32-30-38(31-33-52)39-24-29-50-46(34-39)45-19-11-13-21-49(45)53(50)40-25-22-37(23-26-40)36-14-6-4-7-15-36/h4-32,34-35H,33H2,1-3H3. The van der Waals surface area contributed by atoms with Crippen LogP contribution in [0.1, 0.15) is 43.9 Å². The van der Waals surface area contributed by atoms with Gasteiger partial charge < -0.3 is 9.47 Å². The molecule has 0 N–H and O–H groups in total. The number of aromatic nitrogens is 1. The van der Waals surface area contributed by atoms with Crippen molar-refractivity contribution < 1.29 is 0 Å². The van der Waals surface area contributed by atoms with Crippen molar-refractivity contribution in [3.8, 4) is 27.9 Å². The molecule has 2 heteroatoms. The third kappa shape index (κ3) is 5.09. The summed E-state index contributed by atoms with van der Waals surface area (Å²) in [5.74, 6) is 0. The van der Waals surface area contributed by atoms with Crippen LogP contribution in [0.25, 0.3) is 55.3 Å². The van der Waals surface area contributed by atoms with E-state index in [4.69, 9.17) is 0 Å².